The Bertz CT molecular complexity index is 814. The number of hydrogen-bond donors (Lipinski definition) is 0. The van der Waals surface area contributed by atoms with Gasteiger partial charge in [-0.25, -0.2) is 0 Å². The Hall–Kier alpha value is -2.05. The molecule has 0 aliphatic carbocycles. The summed E-state index contributed by atoms with van der Waals surface area (Å²) in [5.74, 6) is 0. The van der Waals surface area contributed by atoms with Gasteiger partial charge in [-0.3, -0.25) is 0 Å². The lowest BCUT2D eigenvalue weighted by Crippen LogP contribution is -1.93. The van der Waals surface area contributed by atoms with Crippen molar-refractivity contribution in [3.05, 3.63) is 105 Å². The van der Waals surface area contributed by atoms with E-state index in [1.54, 1.807) is 0 Å². The van der Waals surface area contributed by atoms with E-state index < -0.39 is 0 Å². The minimum Gasteiger partial charge on any atom is -0.0840 e. The Kier molecular flexibility index (Phi) is 5.94. The Morgan fingerprint density at radius 1 is 0.560 bits per heavy atom. The number of hydrogen-bond acceptors (Lipinski definition) is 0. The maximum Gasteiger partial charge on any atom is 0.0444 e. The molecule has 0 radical (unpaired) electrons. The molecule has 0 aromatic heterocycles. The summed E-state index contributed by atoms with van der Waals surface area (Å²) in [6.07, 6.45) is 3.98. The zero-order valence-corrected chi connectivity index (χ0v) is 15.8. The van der Waals surface area contributed by atoms with E-state index in [0.717, 1.165) is 30.7 Å². The van der Waals surface area contributed by atoms with Crippen molar-refractivity contribution in [3.63, 3.8) is 0 Å². The van der Waals surface area contributed by atoms with Gasteiger partial charge in [0.1, 0.15) is 0 Å². The summed E-state index contributed by atoms with van der Waals surface area (Å²) in [6, 6.07) is 24.3. The lowest BCUT2D eigenvalue weighted by Gasteiger charge is -2.08. The van der Waals surface area contributed by atoms with Crippen LogP contribution in [0.15, 0.2) is 66.7 Å². The van der Waals surface area contributed by atoms with E-state index in [9.17, 15) is 0 Å². The fourth-order valence-electron chi connectivity index (χ4n) is 3.08. The van der Waals surface area contributed by atoms with Gasteiger partial charge in [-0.15, -0.1) is 0 Å². The highest BCUT2D eigenvalue weighted by Gasteiger charge is 2.04. The minimum absolute atomic E-state index is 0.874. The molecule has 0 bridgehead atoms. The molecule has 0 aliphatic rings. The van der Waals surface area contributed by atoms with Crippen molar-refractivity contribution >= 4 is 11.6 Å². The monoisotopic (exact) mass is 348 g/mol. The average Bonchev–Trinajstić information content (AvgIpc) is 2.65. The van der Waals surface area contributed by atoms with Crippen LogP contribution in [0.4, 0.5) is 0 Å². The van der Waals surface area contributed by atoms with Gasteiger partial charge in [0.15, 0.2) is 0 Å². The van der Waals surface area contributed by atoms with Gasteiger partial charge in [-0.05, 0) is 65.1 Å². The molecule has 0 atom stereocenters. The Morgan fingerprint density at radius 2 is 1.00 bits per heavy atom. The first kappa shape index (κ1) is 17.8. The van der Waals surface area contributed by atoms with Crippen LogP contribution in [0.3, 0.4) is 0 Å². The van der Waals surface area contributed by atoms with Gasteiger partial charge in [-0.1, -0.05) is 86.1 Å². The third kappa shape index (κ3) is 4.74. The van der Waals surface area contributed by atoms with Crippen LogP contribution in [0, 0.1) is 0 Å². The summed E-state index contributed by atoms with van der Waals surface area (Å²) in [7, 11) is 0. The highest BCUT2D eigenvalue weighted by Crippen LogP contribution is 2.22. The van der Waals surface area contributed by atoms with E-state index in [1.807, 2.05) is 0 Å². The van der Waals surface area contributed by atoms with Gasteiger partial charge in [0.05, 0.1) is 0 Å². The van der Waals surface area contributed by atoms with Crippen molar-refractivity contribution in [1.29, 1.82) is 0 Å². The average molecular weight is 349 g/mol. The van der Waals surface area contributed by atoms with E-state index in [0.29, 0.717) is 0 Å². The van der Waals surface area contributed by atoms with E-state index in [-0.39, 0.29) is 0 Å². The molecule has 1 heteroatoms. The van der Waals surface area contributed by atoms with Crippen molar-refractivity contribution in [2.45, 2.75) is 39.5 Å². The highest BCUT2D eigenvalue weighted by molar-refractivity contribution is 6.31. The van der Waals surface area contributed by atoms with Gasteiger partial charge in [0.2, 0.25) is 0 Å². The molecule has 0 spiro atoms. The number of aryl methyl sites for hydroxylation is 2. The van der Waals surface area contributed by atoms with E-state index in [1.165, 1.54) is 33.4 Å². The Balaban J connectivity index is 1.67. The molecule has 0 nitrogen and oxygen atoms in total. The van der Waals surface area contributed by atoms with Crippen LogP contribution in [0.5, 0.6) is 0 Å². The molecule has 0 saturated carbocycles. The lowest BCUT2D eigenvalue weighted by atomic mass is 9.99. The molecule has 0 aliphatic heterocycles. The summed E-state index contributed by atoms with van der Waals surface area (Å²) >= 11 is 6.42. The van der Waals surface area contributed by atoms with Gasteiger partial charge < -0.3 is 0 Å². The van der Waals surface area contributed by atoms with Crippen molar-refractivity contribution in [2.75, 3.05) is 0 Å². The number of benzene rings is 3. The van der Waals surface area contributed by atoms with E-state index >= 15 is 0 Å². The van der Waals surface area contributed by atoms with Crippen molar-refractivity contribution in [1.82, 2.24) is 0 Å². The summed E-state index contributed by atoms with van der Waals surface area (Å²) in [5, 5.41) is 0.874. The quantitative estimate of drug-likeness (QED) is 0.468. The Morgan fingerprint density at radius 3 is 1.48 bits per heavy atom. The fraction of sp³-hybridized carbons (Fsp3) is 0.250. The largest absolute Gasteiger partial charge is 0.0840 e. The summed E-state index contributed by atoms with van der Waals surface area (Å²) < 4.78 is 0. The zero-order chi connectivity index (χ0) is 17.6. The normalized spacial score (nSPS) is 10.8. The van der Waals surface area contributed by atoms with Gasteiger partial charge >= 0.3 is 0 Å². The third-order valence-electron chi connectivity index (χ3n) is 4.78. The fourth-order valence-corrected chi connectivity index (χ4v) is 3.35. The standard InChI is InChI=1S/C24H25Cl/c1-3-18-5-7-20(8-6-18)15-21-9-11-22(12-10-21)16-23-14-13-19(4-2)17-24(23)25/h5-14,17H,3-4,15-16H2,1-2H3. The van der Waals surface area contributed by atoms with Gasteiger partial charge in [0, 0.05) is 5.02 Å². The Labute approximate surface area is 156 Å². The smallest absolute Gasteiger partial charge is 0.0444 e. The van der Waals surface area contributed by atoms with Crippen LogP contribution in [-0.2, 0) is 25.7 Å². The molecule has 3 aromatic carbocycles. The zero-order valence-electron chi connectivity index (χ0n) is 15.1. The molecule has 0 fully saturated rings. The lowest BCUT2D eigenvalue weighted by molar-refractivity contribution is 1.11. The molecule has 0 amide bonds. The maximum absolute atomic E-state index is 6.42. The first-order chi connectivity index (χ1) is 12.2. The molecule has 25 heavy (non-hydrogen) atoms. The van der Waals surface area contributed by atoms with Gasteiger partial charge in [0.25, 0.3) is 0 Å². The molecule has 3 aromatic rings. The van der Waals surface area contributed by atoms with Gasteiger partial charge in [-0.2, -0.15) is 0 Å². The second kappa shape index (κ2) is 8.36. The predicted molar refractivity (Wildman–Crippen MR) is 109 cm³/mol. The number of rotatable bonds is 6. The topological polar surface area (TPSA) is 0 Å². The van der Waals surface area contributed by atoms with Crippen LogP contribution in [0.25, 0.3) is 0 Å². The summed E-state index contributed by atoms with van der Waals surface area (Å²) in [6.45, 7) is 4.34. The third-order valence-corrected chi connectivity index (χ3v) is 5.13. The van der Waals surface area contributed by atoms with Crippen molar-refractivity contribution in [2.24, 2.45) is 0 Å². The van der Waals surface area contributed by atoms with Crippen LogP contribution in [-0.4, -0.2) is 0 Å². The molecule has 128 valence electrons. The summed E-state index contributed by atoms with van der Waals surface area (Å²) in [5.41, 5.74) is 7.89. The van der Waals surface area contributed by atoms with Crippen LogP contribution < -0.4 is 0 Å². The molecule has 0 unspecified atom stereocenters. The first-order valence-corrected chi connectivity index (χ1v) is 9.48. The van der Waals surface area contributed by atoms with Crippen LogP contribution in [0.1, 0.15) is 47.2 Å². The molecule has 0 N–H and O–H groups in total. The van der Waals surface area contributed by atoms with Crippen LogP contribution >= 0.6 is 11.6 Å². The second-order valence-corrected chi connectivity index (χ2v) is 7.03. The first-order valence-electron chi connectivity index (χ1n) is 9.11. The van der Waals surface area contributed by atoms with E-state index in [4.69, 9.17) is 11.6 Å². The molecular weight excluding hydrogens is 324 g/mol. The van der Waals surface area contributed by atoms with Crippen molar-refractivity contribution in [3.8, 4) is 0 Å². The highest BCUT2D eigenvalue weighted by atomic mass is 35.5. The predicted octanol–water partition coefficient (Wildman–Crippen LogP) is 6.65. The van der Waals surface area contributed by atoms with Crippen molar-refractivity contribution < 1.29 is 0 Å². The number of halogens is 1. The maximum atomic E-state index is 6.42. The van der Waals surface area contributed by atoms with E-state index in [2.05, 4.69) is 80.6 Å². The molecule has 3 rings (SSSR count). The van der Waals surface area contributed by atoms with Crippen LogP contribution in [0.2, 0.25) is 5.02 Å². The second-order valence-electron chi connectivity index (χ2n) is 6.62. The SMILES string of the molecule is CCc1ccc(Cc2ccc(Cc3ccc(CC)cc3Cl)cc2)cc1. The minimum atomic E-state index is 0.874. The summed E-state index contributed by atoms with van der Waals surface area (Å²) in [4.78, 5) is 0. The molecular formula is C24H25Cl. The molecule has 0 saturated heterocycles. The molecule has 0 heterocycles.